The van der Waals surface area contributed by atoms with Gasteiger partial charge >= 0.3 is 6.18 Å². The highest BCUT2D eigenvalue weighted by atomic mass is 19.4. The van der Waals surface area contributed by atoms with E-state index in [-0.39, 0.29) is 12.2 Å². The van der Waals surface area contributed by atoms with E-state index in [1.54, 1.807) is 6.07 Å². The first-order chi connectivity index (χ1) is 6.95. The Morgan fingerprint density at radius 1 is 1.33 bits per heavy atom. The SMILES string of the molecule is Cc1ccc(C=CCO)cc1C(F)(F)F. The lowest BCUT2D eigenvalue weighted by molar-refractivity contribution is -0.138. The average Bonchev–Trinajstić information content (AvgIpc) is 2.15. The molecule has 0 spiro atoms. The molecule has 0 fully saturated rings. The van der Waals surface area contributed by atoms with Crippen LogP contribution in [0.3, 0.4) is 0 Å². The first-order valence-corrected chi connectivity index (χ1v) is 4.40. The van der Waals surface area contributed by atoms with Crippen LogP contribution in [0, 0.1) is 6.92 Å². The summed E-state index contributed by atoms with van der Waals surface area (Å²) in [6.45, 7) is 1.23. The predicted octanol–water partition coefficient (Wildman–Crippen LogP) is 3.02. The van der Waals surface area contributed by atoms with E-state index in [9.17, 15) is 13.2 Å². The van der Waals surface area contributed by atoms with Crippen molar-refractivity contribution < 1.29 is 18.3 Å². The highest BCUT2D eigenvalue weighted by molar-refractivity contribution is 5.52. The van der Waals surface area contributed by atoms with Crippen LogP contribution in [0.1, 0.15) is 16.7 Å². The van der Waals surface area contributed by atoms with Gasteiger partial charge in [0.25, 0.3) is 0 Å². The predicted molar refractivity (Wildman–Crippen MR) is 52.3 cm³/mol. The highest BCUT2D eigenvalue weighted by Gasteiger charge is 2.32. The Balaban J connectivity index is 3.11. The summed E-state index contributed by atoms with van der Waals surface area (Å²) in [6.07, 6.45) is -1.48. The molecule has 1 aromatic carbocycles. The number of alkyl halides is 3. The van der Waals surface area contributed by atoms with Gasteiger partial charge in [0.05, 0.1) is 12.2 Å². The summed E-state index contributed by atoms with van der Waals surface area (Å²) in [5.41, 5.74) is -0.00628. The minimum atomic E-state index is -4.33. The molecule has 0 atom stereocenters. The molecule has 0 aliphatic rings. The van der Waals surface area contributed by atoms with Crippen LogP contribution in [0.15, 0.2) is 24.3 Å². The van der Waals surface area contributed by atoms with Gasteiger partial charge in [-0.1, -0.05) is 24.3 Å². The van der Waals surface area contributed by atoms with Crippen molar-refractivity contribution >= 4 is 6.08 Å². The van der Waals surface area contributed by atoms with Gasteiger partial charge in [-0.15, -0.1) is 0 Å². The quantitative estimate of drug-likeness (QED) is 0.805. The molecule has 0 bridgehead atoms. The maximum Gasteiger partial charge on any atom is 0.416 e. The van der Waals surface area contributed by atoms with Gasteiger partial charge in [0.1, 0.15) is 0 Å². The van der Waals surface area contributed by atoms with E-state index >= 15 is 0 Å². The summed E-state index contributed by atoms with van der Waals surface area (Å²) in [5.74, 6) is 0. The molecule has 0 saturated heterocycles. The van der Waals surface area contributed by atoms with E-state index in [0.29, 0.717) is 5.56 Å². The van der Waals surface area contributed by atoms with Gasteiger partial charge in [0.15, 0.2) is 0 Å². The van der Waals surface area contributed by atoms with E-state index in [1.165, 1.54) is 25.1 Å². The van der Waals surface area contributed by atoms with E-state index in [0.717, 1.165) is 6.07 Å². The maximum absolute atomic E-state index is 12.5. The van der Waals surface area contributed by atoms with E-state index < -0.39 is 11.7 Å². The van der Waals surface area contributed by atoms with Crippen molar-refractivity contribution in [2.45, 2.75) is 13.1 Å². The molecule has 0 radical (unpaired) electrons. The zero-order valence-electron chi connectivity index (χ0n) is 8.17. The summed E-state index contributed by atoms with van der Waals surface area (Å²) < 4.78 is 37.4. The lowest BCUT2D eigenvalue weighted by Gasteiger charge is -2.10. The molecular formula is C11H11F3O. The first kappa shape index (κ1) is 11.8. The third-order valence-electron chi connectivity index (χ3n) is 1.98. The molecule has 0 aliphatic carbocycles. The van der Waals surface area contributed by atoms with Crippen molar-refractivity contribution in [2.24, 2.45) is 0 Å². The fourth-order valence-electron chi connectivity index (χ4n) is 1.24. The lowest BCUT2D eigenvalue weighted by atomic mass is 10.0. The van der Waals surface area contributed by atoms with Gasteiger partial charge in [-0.2, -0.15) is 13.2 Å². The van der Waals surface area contributed by atoms with E-state index in [1.807, 2.05) is 0 Å². The van der Waals surface area contributed by atoms with Gasteiger partial charge in [-0.3, -0.25) is 0 Å². The molecule has 4 heteroatoms. The molecule has 0 aliphatic heterocycles. The monoisotopic (exact) mass is 216 g/mol. The van der Waals surface area contributed by atoms with Crippen molar-refractivity contribution in [3.63, 3.8) is 0 Å². The van der Waals surface area contributed by atoms with Gasteiger partial charge in [-0.05, 0) is 24.1 Å². The highest BCUT2D eigenvalue weighted by Crippen LogP contribution is 2.32. The molecule has 0 amide bonds. The Bertz CT molecular complexity index is 367. The molecule has 0 saturated carbocycles. The number of aliphatic hydroxyl groups excluding tert-OH is 1. The zero-order valence-corrected chi connectivity index (χ0v) is 8.17. The van der Waals surface area contributed by atoms with Crippen LogP contribution in [0.5, 0.6) is 0 Å². The van der Waals surface area contributed by atoms with Gasteiger partial charge in [0.2, 0.25) is 0 Å². The Morgan fingerprint density at radius 2 is 2.00 bits per heavy atom. The number of rotatable bonds is 2. The van der Waals surface area contributed by atoms with Crippen LogP contribution in [0.4, 0.5) is 13.2 Å². The Morgan fingerprint density at radius 3 is 2.53 bits per heavy atom. The summed E-state index contributed by atoms with van der Waals surface area (Å²) in [7, 11) is 0. The van der Waals surface area contributed by atoms with Crippen molar-refractivity contribution in [3.8, 4) is 0 Å². The van der Waals surface area contributed by atoms with Crippen LogP contribution in [-0.4, -0.2) is 11.7 Å². The topological polar surface area (TPSA) is 20.2 Å². The molecular weight excluding hydrogens is 205 g/mol. The van der Waals surface area contributed by atoms with Gasteiger partial charge in [0, 0.05) is 0 Å². The lowest BCUT2D eigenvalue weighted by Crippen LogP contribution is -2.07. The summed E-state index contributed by atoms with van der Waals surface area (Å²) >= 11 is 0. The second-order valence-electron chi connectivity index (χ2n) is 3.16. The molecule has 1 aromatic rings. The molecule has 1 nitrogen and oxygen atoms in total. The van der Waals surface area contributed by atoms with Crippen molar-refractivity contribution in [1.29, 1.82) is 0 Å². The molecule has 0 unspecified atom stereocenters. The van der Waals surface area contributed by atoms with Crippen LogP contribution < -0.4 is 0 Å². The third-order valence-corrected chi connectivity index (χ3v) is 1.98. The largest absolute Gasteiger partial charge is 0.416 e. The Labute approximate surface area is 85.9 Å². The number of aliphatic hydroxyl groups is 1. The maximum atomic E-state index is 12.5. The fraction of sp³-hybridized carbons (Fsp3) is 0.273. The van der Waals surface area contributed by atoms with Crippen LogP contribution in [-0.2, 0) is 6.18 Å². The Hall–Kier alpha value is -1.29. The number of halogens is 3. The Kier molecular flexibility index (Phi) is 3.52. The normalized spacial score (nSPS) is 12.3. The third kappa shape index (κ3) is 3.09. The minimum Gasteiger partial charge on any atom is -0.392 e. The number of aryl methyl sites for hydroxylation is 1. The molecule has 0 heterocycles. The van der Waals surface area contributed by atoms with Crippen molar-refractivity contribution in [3.05, 3.63) is 41.0 Å². The fourth-order valence-corrected chi connectivity index (χ4v) is 1.24. The summed E-state index contributed by atoms with van der Waals surface area (Å²) in [6, 6.07) is 4.07. The van der Waals surface area contributed by atoms with Crippen molar-refractivity contribution in [1.82, 2.24) is 0 Å². The van der Waals surface area contributed by atoms with E-state index in [4.69, 9.17) is 5.11 Å². The van der Waals surface area contributed by atoms with Crippen LogP contribution >= 0.6 is 0 Å². The average molecular weight is 216 g/mol. The molecule has 1 N–H and O–H groups in total. The first-order valence-electron chi connectivity index (χ1n) is 4.40. The summed E-state index contributed by atoms with van der Waals surface area (Å²) in [5, 5.41) is 8.50. The smallest absolute Gasteiger partial charge is 0.392 e. The number of benzene rings is 1. The van der Waals surface area contributed by atoms with E-state index in [2.05, 4.69) is 0 Å². The molecule has 0 aromatic heterocycles. The molecule has 82 valence electrons. The van der Waals surface area contributed by atoms with Crippen molar-refractivity contribution in [2.75, 3.05) is 6.61 Å². The van der Waals surface area contributed by atoms with Crippen LogP contribution in [0.25, 0.3) is 6.08 Å². The number of hydrogen-bond acceptors (Lipinski definition) is 1. The molecule has 15 heavy (non-hydrogen) atoms. The number of hydrogen-bond donors (Lipinski definition) is 1. The second kappa shape index (κ2) is 4.49. The molecule has 1 rings (SSSR count). The summed E-state index contributed by atoms with van der Waals surface area (Å²) in [4.78, 5) is 0. The second-order valence-corrected chi connectivity index (χ2v) is 3.16. The van der Waals surface area contributed by atoms with Gasteiger partial charge < -0.3 is 5.11 Å². The minimum absolute atomic E-state index is 0.185. The zero-order chi connectivity index (χ0) is 11.5. The van der Waals surface area contributed by atoms with Gasteiger partial charge in [-0.25, -0.2) is 0 Å². The van der Waals surface area contributed by atoms with Crippen LogP contribution in [0.2, 0.25) is 0 Å². The standard InChI is InChI=1S/C11H11F3O/c1-8-4-5-9(3-2-6-15)7-10(8)11(12,13)14/h2-5,7,15H,6H2,1H3.